The predicted octanol–water partition coefficient (Wildman–Crippen LogP) is 7.71. The lowest BCUT2D eigenvalue weighted by Crippen LogP contribution is -2.36. The SMILES string of the molecule is CN(CCCCOc1ccc(-c2cc(=O)c3ccc4c(c3o2)OC(c2ccccc2)(c2ccccc2)O4)cc1)CCN1CCCCC1. The van der Waals surface area contributed by atoms with E-state index < -0.39 is 5.79 Å². The summed E-state index contributed by atoms with van der Waals surface area (Å²) in [5.41, 5.74) is 2.67. The third-order valence-corrected chi connectivity index (χ3v) is 9.21. The first kappa shape index (κ1) is 31.0. The van der Waals surface area contributed by atoms with E-state index in [-0.39, 0.29) is 5.43 Å². The van der Waals surface area contributed by atoms with E-state index in [2.05, 4.69) is 16.8 Å². The molecule has 0 N–H and O–H groups in total. The Kier molecular flexibility index (Phi) is 9.27. The number of piperidine rings is 1. The van der Waals surface area contributed by atoms with E-state index in [1.54, 1.807) is 12.1 Å². The summed E-state index contributed by atoms with van der Waals surface area (Å²) in [5, 5.41) is 0.435. The van der Waals surface area contributed by atoms with Crippen molar-refractivity contribution in [3.8, 4) is 28.6 Å². The minimum absolute atomic E-state index is 0.147. The second-order valence-electron chi connectivity index (χ2n) is 12.6. The molecule has 3 heterocycles. The first-order valence-electron chi connectivity index (χ1n) is 16.8. The van der Waals surface area contributed by atoms with Crippen molar-refractivity contribution in [3.63, 3.8) is 0 Å². The molecule has 1 aromatic heterocycles. The quantitative estimate of drug-likeness (QED) is 0.131. The Morgan fingerprint density at radius 3 is 2.19 bits per heavy atom. The fraction of sp³-hybridized carbons (Fsp3) is 0.325. The highest BCUT2D eigenvalue weighted by Gasteiger charge is 2.46. The number of fused-ring (bicyclic) bond motifs is 3. The summed E-state index contributed by atoms with van der Waals surface area (Å²) in [4.78, 5) is 18.3. The second-order valence-corrected chi connectivity index (χ2v) is 12.6. The van der Waals surface area contributed by atoms with Gasteiger partial charge in [-0.3, -0.25) is 4.79 Å². The van der Waals surface area contributed by atoms with Crippen LogP contribution in [0.15, 0.2) is 112 Å². The van der Waals surface area contributed by atoms with Gasteiger partial charge in [0, 0.05) is 35.8 Å². The maximum atomic E-state index is 13.3. The number of likely N-dealkylation sites (N-methyl/N-ethyl adjacent to an activating group) is 1. The molecule has 7 nitrogen and oxygen atoms in total. The zero-order chi connectivity index (χ0) is 32.1. The van der Waals surface area contributed by atoms with Gasteiger partial charge in [0.25, 0.3) is 0 Å². The van der Waals surface area contributed by atoms with Crippen LogP contribution < -0.4 is 19.6 Å². The Bertz CT molecular complexity index is 1790. The first-order chi connectivity index (χ1) is 23.1. The predicted molar refractivity (Wildman–Crippen MR) is 185 cm³/mol. The molecule has 0 bridgehead atoms. The fourth-order valence-electron chi connectivity index (χ4n) is 6.53. The number of hydrogen-bond donors (Lipinski definition) is 0. The van der Waals surface area contributed by atoms with Crippen molar-refractivity contribution in [3.05, 3.63) is 124 Å². The van der Waals surface area contributed by atoms with Gasteiger partial charge in [0.05, 0.1) is 12.0 Å². The largest absolute Gasteiger partial charge is 0.494 e. The molecule has 7 heteroatoms. The summed E-state index contributed by atoms with van der Waals surface area (Å²) >= 11 is 0. The summed E-state index contributed by atoms with van der Waals surface area (Å²) in [7, 11) is 2.21. The van der Waals surface area contributed by atoms with Crippen LogP contribution in [-0.4, -0.2) is 56.2 Å². The van der Waals surface area contributed by atoms with E-state index >= 15 is 0 Å². The first-order valence-corrected chi connectivity index (χ1v) is 16.8. The molecule has 2 aliphatic heterocycles. The van der Waals surface area contributed by atoms with Crippen molar-refractivity contribution in [2.45, 2.75) is 37.9 Å². The van der Waals surface area contributed by atoms with Gasteiger partial charge < -0.3 is 28.4 Å². The molecule has 0 unspecified atom stereocenters. The third-order valence-electron chi connectivity index (χ3n) is 9.21. The van der Waals surface area contributed by atoms with Crippen LogP contribution in [0.1, 0.15) is 43.2 Å². The standard InChI is InChI=1S/C40H42N2O5/c1-41(26-27-42-24-9-4-10-25-42)23-11-12-28-44-33-19-17-30(18-20-33)37-29-35(43)34-21-22-36-39(38(34)45-37)47-40(46-36,31-13-5-2-6-14-31)32-15-7-3-8-16-32/h2-3,5-8,13-22,29H,4,9-12,23-28H2,1H3. The molecule has 2 aliphatic rings. The van der Waals surface area contributed by atoms with E-state index in [4.69, 9.17) is 18.6 Å². The molecule has 1 saturated heterocycles. The third kappa shape index (κ3) is 6.78. The molecule has 0 atom stereocenters. The van der Waals surface area contributed by atoms with E-state index in [1.807, 2.05) is 84.9 Å². The molecule has 0 saturated carbocycles. The lowest BCUT2D eigenvalue weighted by molar-refractivity contribution is -0.0456. The fourth-order valence-corrected chi connectivity index (χ4v) is 6.53. The van der Waals surface area contributed by atoms with E-state index in [1.165, 1.54) is 45.0 Å². The number of nitrogens with zero attached hydrogens (tertiary/aromatic N) is 2. The van der Waals surface area contributed by atoms with Crippen molar-refractivity contribution >= 4 is 11.0 Å². The van der Waals surface area contributed by atoms with E-state index in [0.717, 1.165) is 48.4 Å². The zero-order valence-electron chi connectivity index (χ0n) is 27.0. The number of benzene rings is 4. The van der Waals surface area contributed by atoms with E-state index in [0.29, 0.717) is 34.8 Å². The monoisotopic (exact) mass is 630 g/mol. The maximum absolute atomic E-state index is 13.3. The Morgan fingerprint density at radius 2 is 1.49 bits per heavy atom. The topological polar surface area (TPSA) is 64.4 Å². The van der Waals surface area contributed by atoms with Gasteiger partial charge in [-0.25, -0.2) is 0 Å². The molecule has 0 amide bonds. The van der Waals surface area contributed by atoms with Crippen LogP contribution in [0.25, 0.3) is 22.3 Å². The molecule has 7 rings (SSSR count). The van der Waals surface area contributed by atoms with Crippen molar-refractivity contribution in [2.24, 2.45) is 0 Å². The van der Waals surface area contributed by atoms with Crippen molar-refractivity contribution in [2.75, 3.05) is 46.4 Å². The molecular formula is C40H42N2O5. The summed E-state index contributed by atoms with van der Waals surface area (Å²) < 4.78 is 25.7. The molecule has 47 heavy (non-hydrogen) atoms. The highest BCUT2D eigenvalue weighted by Crippen LogP contribution is 2.50. The van der Waals surface area contributed by atoms with Gasteiger partial charge in [0.15, 0.2) is 16.8 Å². The smallest absolute Gasteiger partial charge is 0.305 e. The van der Waals surface area contributed by atoms with Gasteiger partial charge in [-0.15, -0.1) is 0 Å². The van der Waals surface area contributed by atoms with Crippen LogP contribution in [-0.2, 0) is 5.79 Å². The summed E-state index contributed by atoms with van der Waals surface area (Å²) in [6.07, 6.45) is 6.16. The molecule has 5 aromatic rings. The molecule has 1 fully saturated rings. The minimum Gasteiger partial charge on any atom is -0.494 e. The molecule has 242 valence electrons. The van der Waals surface area contributed by atoms with Crippen LogP contribution in [0.3, 0.4) is 0 Å². The Hall–Kier alpha value is -4.59. The number of hydrogen-bond acceptors (Lipinski definition) is 7. The Labute approximate surface area is 276 Å². The highest BCUT2D eigenvalue weighted by molar-refractivity contribution is 5.87. The average Bonchev–Trinajstić information content (AvgIpc) is 3.54. The second kappa shape index (κ2) is 14.0. The molecule has 0 aliphatic carbocycles. The van der Waals surface area contributed by atoms with Gasteiger partial charge >= 0.3 is 5.79 Å². The lowest BCUT2D eigenvalue weighted by atomic mass is 9.97. The zero-order valence-corrected chi connectivity index (χ0v) is 27.0. The normalized spacial score (nSPS) is 15.7. The Balaban J connectivity index is 1.02. The van der Waals surface area contributed by atoms with Crippen LogP contribution in [0.2, 0.25) is 0 Å². The Morgan fingerprint density at radius 1 is 0.787 bits per heavy atom. The van der Waals surface area contributed by atoms with Gasteiger partial charge in [-0.1, -0.05) is 67.1 Å². The van der Waals surface area contributed by atoms with Crippen molar-refractivity contribution < 1.29 is 18.6 Å². The van der Waals surface area contributed by atoms with Crippen molar-refractivity contribution in [1.82, 2.24) is 9.80 Å². The average molecular weight is 631 g/mol. The molecule has 0 spiro atoms. The van der Waals surface area contributed by atoms with Crippen LogP contribution in [0.5, 0.6) is 17.2 Å². The maximum Gasteiger partial charge on any atom is 0.305 e. The molecule has 4 aromatic carbocycles. The summed E-state index contributed by atoms with van der Waals surface area (Å²) in [6.45, 7) is 6.54. The van der Waals surface area contributed by atoms with Crippen LogP contribution in [0, 0.1) is 0 Å². The number of unbranched alkanes of at least 4 members (excludes halogenated alkanes) is 1. The van der Waals surface area contributed by atoms with Gasteiger partial charge in [-0.05, 0) is 88.8 Å². The lowest BCUT2D eigenvalue weighted by Gasteiger charge is -2.28. The van der Waals surface area contributed by atoms with Crippen molar-refractivity contribution in [1.29, 1.82) is 0 Å². The van der Waals surface area contributed by atoms with Gasteiger partial charge in [0.1, 0.15) is 11.5 Å². The number of ether oxygens (including phenoxy) is 3. The number of rotatable bonds is 12. The summed E-state index contributed by atoms with van der Waals surface area (Å²) in [6, 6.07) is 32.4. The number of likely N-dealkylation sites (tertiary alicyclic amines) is 1. The minimum atomic E-state index is -1.21. The molecule has 0 radical (unpaired) electrons. The summed E-state index contributed by atoms with van der Waals surface area (Å²) in [5.74, 6) is 0.961. The molecular weight excluding hydrogens is 588 g/mol. The highest BCUT2D eigenvalue weighted by atomic mass is 16.7. The van der Waals surface area contributed by atoms with Crippen LogP contribution in [0.4, 0.5) is 0 Å². The van der Waals surface area contributed by atoms with Crippen LogP contribution >= 0.6 is 0 Å². The van der Waals surface area contributed by atoms with Gasteiger partial charge in [0.2, 0.25) is 5.75 Å². The van der Waals surface area contributed by atoms with Gasteiger partial charge in [-0.2, -0.15) is 0 Å². The van der Waals surface area contributed by atoms with E-state index in [9.17, 15) is 4.79 Å².